The lowest BCUT2D eigenvalue weighted by Gasteiger charge is -2.30. The van der Waals surface area contributed by atoms with Crippen molar-refractivity contribution in [3.63, 3.8) is 0 Å². The van der Waals surface area contributed by atoms with E-state index in [-0.39, 0.29) is 19.0 Å². The molecule has 3 aromatic heterocycles. The van der Waals surface area contributed by atoms with Crippen molar-refractivity contribution in [3.05, 3.63) is 65.1 Å². The summed E-state index contributed by atoms with van der Waals surface area (Å²) >= 11 is 0. The number of amides is 2. The molecule has 11 heteroatoms. The van der Waals surface area contributed by atoms with Gasteiger partial charge >= 0.3 is 12.6 Å². The second kappa shape index (κ2) is 9.20. The molecule has 33 heavy (non-hydrogen) atoms. The Kier molecular flexibility index (Phi) is 6.17. The molecule has 8 nitrogen and oxygen atoms in total. The summed E-state index contributed by atoms with van der Waals surface area (Å²) < 4.78 is 44.6. The molecule has 3 aromatic rings. The molecule has 4 heterocycles. The summed E-state index contributed by atoms with van der Waals surface area (Å²) in [5, 5.41) is 6.39. The highest BCUT2D eigenvalue weighted by atomic mass is 19.3. The van der Waals surface area contributed by atoms with Crippen LogP contribution in [0.2, 0.25) is 0 Å². The summed E-state index contributed by atoms with van der Waals surface area (Å²) in [6.45, 7) is 1.26. The Morgan fingerprint density at radius 1 is 1.27 bits per heavy atom. The predicted octanol–water partition coefficient (Wildman–Crippen LogP) is 3.59. The predicted molar refractivity (Wildman–Crippen MR) is 112 cm³/mol. The van der Waals surface area contributed by atoms with Crippen molar-refractivity contribution in [2.45, 2.75) is 26.4 Å². The van der Waals surface area contributed by atoms with Crippen molar-refractivity contribution >= 4 is 11.7 Å². The second-order valence-corrected chi connectivity index (χ2v) is 7.25. The number of halogens is 3. The zero-order valence-corrected chi connectivity index (χ0v) is 17.7. The van der Waals surface area contributed by atoms with Crippen LogP contribution in [0.1, 0.15) is 42.0 Å². The molecule has 0 aromatic carbocycles. The first-order chi connectivity index (χ1) is 15.8. The Labute approximate surface area is 187 Å². The van der Waals surface area contributed by atoms with E-state index < -0.39 is 24.4 Å². The summed E-state index contributed by atoms with van der Waals surface area (Å²) in [6, 6.07) is 3.58. The van der Waals surface area contributed by atoms with Crippen LogP contribution < -0.4 is 15.0 Å². The number of hydrogen-bond donors (Lipinski definition) is 1. The lowest BCUT2D eigenvalue weighted by atomic mass is 10.1. The first-order valence-electron chi connectivity index (χ1n) is 10.00. The summed E-state index contributed by atoms with van der Waals surface area (Å²) in [5.74, 6) is 5.50. The number of alkyl halides is 2. The average Bonchev–Trinajstić information content (AvgIpc) is 3.27. The van der Waals surface area contributed by atoms with Gasteiger partial charge in [0.05, 0.1) is 41.9 Å². The smallest absolute Gasteiger partial charge is 0.333 e. The zero-order valence-electron chi connectivity index (χ0n) is 17.7. The first kappa shape index (κ1) is 22.1. The van der Waals surface area contributed by atoms with Crippen molar-refractivity contribution < 1.29 is 22.7 Å². The highest BCUT2D eigenvalue weighted by Crippen LogP contribution is 2.32. The molecule has 0 spiro atoms. The molecule has 2 amide bonds. The number of rotatable bonds is 3. The number of nitrogens with zero attached hydrogens (tertiary/aromatic N) is 5. The van der Waals surface area contributed by atoms with E-state index in [0.717, 1.165) is 12.4 Å². The number of ether oxygens (including phenoxy) is 1. The lowest BCUT2D eigenvalue weighted by molar-refractivity contribution is 0.0566. The van der Waals surface area contributed by atoms with Crippen LogP contribution in [0.5, 0.6) is 5.88 Å². The molecular formula is C22H19F3N6O2. The highest BCUT2D eigenvalue weighted by Gasteiger charge is 2.27. The second-order valence-electron chi connectivity index (χ2n) is 7.25. The molecule has 1 N–H and O–H groups in total. The maximum Gasteiger partial charge on any atom is 0.333 e. The van der Waals surface area contributed by atoms with Gasteiger partial charge in [0.2, 0.25) is 5.88 Å². The van der Waals surface area contributed by atoms with E-state index in [0.29, 0.717) is 32.9 Å². The van der Waals surface area contributed by atoms with E-state index in [1.54, 1.807) is 19.9 Å². The SMILES string of the molecule is Cc1nc2c(cc1C#Cc1cnn(C(F)F)c1)N(C(=O)N[C@@H](C)c1ccc(F)cn1)CCO2. The summed E-state index contributed by atoms with van der Waals surface area (Å²) in [7, 11) is 0. The van der Waals surface area contributed by atoms with Crippen molar-refractivity contribution in [2.75, 3.05) is 18.1 Å². The average molecular weight is 456 g/mol. The lowest BCUT2D eigenvalue weighted by Crippen LogP contribution is -2.45. The number of fused-ring (bicyclic) bond motifs is 1. The molecule has 170 valence electrons. The van der Waals surface area contributed by atoms with E-state index in [2.05, 4.69) is 32.2 Å². The molecular weight excluding hydrogens is 437 g/mol. The third kappa shape index (κ3) is 4.90. The Morgan fingerprint density at radius 3 is 2.79 bits per heavy atom. The molecule has 0 saturated heterocycles. The fourth-order valence-corrected chi connectivity index (χ4v) is 3.19. The number of aryl methyl sites for hydroxylation is 1. The fraction of sp³-hybridized carbons (Fsp3) is 0.273. The van der Waals surface area contributed by atoms with Crippen molar-refractivity contribution in [1.29, 1.82) is 0 Å². The van der Waals surface area contributed by atoms with Crippen molar-refractivity contribution in [1.82, 2.24) is 25.1 Å². The number of pyridine rings is 2. The molecule has 0 radical (unpaired) electrons. The maximum atomic E-state index is 13.1. The van der Waals surface area contributed by atoms with Gasteiger partial charge in [-0.1, -0.05) is 11.8 Å². The van der Waals surface area contributed by atoms with E-state index >= 15 is 0 Å². The molecule has 4 rings (SSSR count). The van der Waals surface area contributed by atoms with Crippen LogP contribution in [0.4, 0.5) is 23.7 Å². The van der Waals surface area contributed by atoms with Crippen LogP contribution >= 0.6 is 0 Å². The van der Waals surface area contributed by atoms with Gasteiger partial charge in [-0.3, -0.25) is 9.88 Å². The molecule has 1 aliphatic rings. The largest absolute Gasteiger partial charge is 0.474 e. The molecule has 0 unspecified atom stereocenters. The normalized spacial score (nSPS) is 13.6. The van der Waals surface area contributed by atoms with Crippen LogP contribution in [0, 0.1) is 24.6 Å². The summed E-state index contributed by atoms with van der Waals surface area (Å²) in [6.07, 6.45) is 3.48. The molecule has 1 atom stereocenters. The minimum Gasteiger partial charge on any atom is -0.474 e. The number of nitrogens with one attached hydrogen (secondary N) is 1. The number of hydrogen-bond acceptors (Lipinski definition) is 5. The Balaban J connectivity index is 1.57. The van der Waals surface area contributed by atoms with Crippen molar-refractivity contribution in [3.8, 4) is 17.7 Å². The van der Waals surface area contributed by atoms with Gasteiger partial charge in [0.15, 0.2) is 0 Å². The number of urea groups is 1. The third-order valence-electron chi connectivity index (χ3n) is 4.93. The quantitative estimate of drug-likeness (QED) is 0.609. The minimum absolute atomic E-state index is 0.258. The van der Waals surface area contributed by atoms with E-state index in [9.17, 15) is 18.0 Å². The Bertz CT molecular complexity index is 1230. The van der Waals surface area contributed by atoms with Crippen LogP contribution in [0.3, 0.4) is 0 Å². The van der Waals surface area contributed by atoms with Gasteiger partial charge in [0, 0.05) is 11.8 Å². The zero-order chi connectivity index (χ0) is 23.5. The monoisotopic (exact) mass is 456 g/mol. The number of anilines is 1. The number of carbonyl (C=O) groups excluding carboxylic acids is 1. The summed E-state index contributed by atoms with van der Waals surface area (Å²) in [4.78, 5) is 22.8. The van der Waals surface area contributed by atoms with Crippen molar-refractivity contribution in [2.24, 2.45) is 0 Å². The summed E-state index contributed by atoms with van der Waals surface area (Å²) in [5.41, 5.74) is 2.33. The van der Waals surface area contributed by atoms with Crippen LogP contribution in [0.25, 0.3) is 0 Å². The van der Waals surface area contributed by atoms with Gasteiger partial charge in [0.25, 0.3) is 0 Å². The topological polar surface area (TPSA) is 85.2 Å². The van der Waals surface area contributed by atoms with Crippen LogP contribution in [-0.2, 0) is 0 Å². The van der Waals surface area contributed by atoms with Gasteiger partial charge in [-0.15, -0.1) is 0 Å². The molecule has 0 bridgehead atoms. The minimum atomic E-state index is -2.75. The van der Waals surface area contributed by atoms with E-state index in [1.165, 1.54) is 23.2 Å². The van der Waals surface area contributed by atoms with Gasteiger partial charge < -0.3 is 10.1 Å². The fourth-order valence-electron chi connectivity index (χ4n) is 3.19. The van der Waals surface area contributed by atoms with Gasteiger partial charge in [-0.05, 0) is 32.0 Å². The van der Waals surface area contributed by atoms with Gasteiger partial charge in [-0.2, -0.15) is 13.9 Å². The number of carbonyl (C=O) groups is 1. The standard InChI is InChI=1S/C22H19F3N6O2/c1-13-16(4-3-15-10-27-31(12-15)21(24)25)9-19-20(28-13)33-8-7-30(19)22(32)29-14(2)18-6-5-17(23)11-26-18/h5-6,9-12,14,21H,7-8H2,1-2H3,(H,29,32)/t14-/m0/s1. The Morgan fingerprint density at radius 2 is 2.09 bits per heavy atom. The Hall–Kier alpha value is -4.07. The molecule has 1 aliphatic heterocycles. The highest BCUT2D eigenvalue weighted by molar-refractivity contribution is 5.94. The van der Waals surface area contributed by atoms with Crippen LogP contribution in [0.15, 0.2) is 36.8 Å². The first-order valence-corrected chi connectivity index (χ1v) is 10.00. The van der Waals surface area contributed by atoms with E-state index in [4.69, 9.17) is 4.74 Å². The van der Waals surface area contributed by atoms with Crippen LogP contribution in [-0.4, -0.2) is 38.9 Å². The van der Waals surface area contributed by atoms with Gasteiger partial charge in [0.1, 0.15) is 18.1 Å². The number of aromatic nitrogens is 4. The molecule has 0 fully saturated rings. The molecule has 0 saturated carbocycles. The van der Waals surface area contributed by atoms with Gasteiger partial charge in [-0.25, -0.2) is 18.9 Å². The third-order valence-corrected chi connectivity index (χ3v) is 4.93. The molecule has 0 aliphatic carbocycles. The van der Waals surface area contributed by atoms with E-state index in [1.807, 2.05) is 0 Å². The maximum absolute atomic E-state index is 13.1.